The summed E-state index contributed by atoms with van der Waals surface area (Å²) in [7, 11) is -3.72. The van der Waals surface area contributed by atoms with E-state index in [1.165, 1.54) is 12.1 Å². The molecular formula is C19H19FN4O3S. The molecule has 0 spiro atoms. The van der Waals surface area contributed by atoms with Crippen molar-refractivity contribution in [3.8, 4) is 5.69 Å². The molecular weight excluding hydrogens is 383 g/mol. The Hall–Kier alpha value is -3.04. The van der Waals surface area contributed by atoms with E-state index in [9.17, 15) is 17.6 Å². The number of hydrogen-bond acceptors (Lipinski definition) is 4. The Morgan fingerprint density at radius 3 is 2.61 bits per heavy atom. The normalized spacial score (nSPS) is 11.3. The number of hydrogen-bond donors (Lipinski definition) is 2. The van der Waals surface area contributed by atoms with E-state index < -0.39 is 15.8 Å². The van der Waals surface area contributed by atoms with Crippen molar-refractivity contribution < 1.29 is 17.6 Å². The van der Waals surface area contributed by atoms with E-state index in [-0.39, 0.29) is 23.8 Å². The number of carbonyl (C=O) groups excluding carboxylic acids is 1. The molecule has 2 aromatic carbocycles. The molecule has 28 heavy (non-hydrogen) atoms. The largest absolute Gasteiger partial charge is 0.326 e. The highest BCUT2D eigenvalue weighted by Gasteiger charge is 2.13. The molecule has 0 radical (unpaired) electrons. The van der Waals surface area contributed by atoms with Gasteiger partial charge in [-0.3, -0.25) is 4.79 Å². The van der Waals surface area contributed by atoms with Crippen LogP contribution in [0.15, 0.2) is 71.9 Å². The van der Waals surface area contributed by atoms with Gasteiger partial charge in [-0.25, -0.2) is 22.2 Å². The molecule has 7 nitrogen and oxygen atoms in total. The fraction of sp³-hybridized carbons (Fsp3) is 0.158. The maximum Gasteiger partial charge on any atom is 0.240 e. The maximum absolute atomic E-state index is 12.9. The van der Waals surface area contributed by atoms with E-state index in [0.29, 0.717) is 12.1 Å². The monoisotopic (exact) mass is 402 g/mol. The van der Waals surface area contributed by atoms with Gasteiger partial charge >= 0.3 is 0 Å². The Morgan fingerprint density at radius 1 is 1.11 bits per heavy atom. The summed E-state index contributed by atoms with van der Waals surface area (Å²) < 4.78 is 41.1. The van der Waals surface area contributed by atoms with Gasteiger partial charge in [0.2, 0.25) is 15.9 Å². The zero-order valence-corrected chi connectivity index (χ0v) is 15.7. The van der Waals surface area contributed by atoms with Crippen LogP contribution in [0, 0.1) is 5.82 Å². The first-order chi connectivity index (χ1) is 13.4. The van der Waals surface area contributed by atoms with Crippen LogP contribution in [0.2, 0.25) is 0 Å². The quantitative estimate of drug-likeness (QED) is 0.567. The highest BCUT2D eigenvalue weighted by Crippen LogP contribution is 2.14. The lowest BCUT2D eigenvalue weighted by atomic mass is 10.2. The van der Waals surface area contributed by atoms with Crippen molar-refractivity contribution in [1.29, 1.82) is 0 Å². The van der Waals surface area contributed by atoms with Crippen LogP contribution < -0.4 is 10.0 Å². The van der Waals surface area contributed by atoms with Gasteiger partial charge in [0.05, 0.1) is 10.6 Å². The lowest BCUT2D eigenvalue weighted by molar-refractivity contribution is -0.116. The van der Waals surface area contributed by atoms with Crippen LogP contribution in [0.1, 0.15) is 12.8 Å². The molecule has 9 heteroatoms. The van der Waals surface area contributed by atoms with Crippen LogP contribution in [0.4, 0.5) is 10.1 Å². The standard InChI is InChI=1S/C19H19FN4O3S/c20-15-7-9-18(10-8-15)28(26,27)22-12-2-6-19(25)23-16-4-1-5-17(14-16)24-13-3-11-21-24/h1,3-5,7-11,13-14,22H,2,6,12H2,(H,23,25). The number of nitrogens with one attached hydrogen (secondary N) is 2. The van der Waals surface area contributed by atoms with E-state index in [1.54, 1.807) is 35.3 Å². The molecule has 1 aromatic heterocycles. The summed E-state index contributed by atoms with van der Waals surface area (Å²) >= 11 is 0. The second-order valence-corrected chi connectivity index (χ2v) is 7.77. The minimum Gasteiger partial charge on any atom is -0.326 e. The van der Waals surface area contributed by atoms with E-state index in [0.717, 1.165) is 17.8 Å². The van der Waals surface area contributed by atoms with Gasteiger partial charge in [-0.1, -0.05) is 6.07 Å². The number of amides is 1. The number of sulfonamides is 1. The summed E-state index contributed by atoms with van der Waals surface area (Å²) in [5.74, 6) is -0.731. The molecule has 0 saturated heterocycles. The predicted molar refractivity (Wildman–Crippen MR) is 103 cm³/mol. The highest BCUT2D eigenvalue weighted by atomic mass is 32.2. The number of carbonyl (C=O) groups is 1. The second kappa shape index (κ2) is 8.77. The van der Waals surface area contributed by atoms with Gasteiger partial charge in [-0.05, 0) is 55.0 Å². The van der Waals surface area contributed by atoms with Gasteiger partial charge in [0.1, 0.15) is 5.82 Å². The van der Waals surface area contributed by atoms with Crippen LogP contribution in [-0.2, 0) is 14.8 Å². The predicted octanol–water partition coefficient (Wildman–Crippen LogP) is 2.71. The minimum atomic E-state index is -3.72. The van der Waals surface area contributed by atoms with Crippen molar-refractivity contribution in [1.82, 2.24) is 14.5 Å². The van der Waals surface area contributed by atoms with Crippen molar-refractivity contribution in [2.75, 3.05) is 11.9 Å². The topological polar surface area (TPSA) is 93.1 Å². The average molecular weight is 402 g/mol. The number of benzene rings is 2. The molecule has 0 fully saturated rings. The van der Waals surface area contributed by atoms with Crippen LogP contribution in [0.5, 0.6) is 0 Å². The molecule has 3 aromatic rings. The fourth-order valence-corrected chi connectivity index (χ4v) is 3.60. The minimum absolute atomic E-state index is 0.0196. The third-order valence-corrected chi connectivity index (χ3v) is 5.37. The van der Waals surface area contributed by atoms with E-state index >= 15 is 0 Å². The van der Waals surface area contributed by atoms with Gasteiger partial charge in [0.15, 0.2) is 0 Å². The summed E-state index contributed by atoms with van der Waals surface area (Å²) in [5.41, 5.74) is 1.44. The first-order valence-corrected chi connectivity index (χ1v) is 10.1. The lowest BCUT2D eigenvalue weighted by Crippen LogP contribution is -2.25. The fourth-order valence-electron chi connectivity index (χ4n) is 2.52. The number of aromatic nitrogens is 2. The Bertz CT molecular complexity index is 1040. The molecule has 0 saturated carbocycles. The van der Waals surface area contributed by atoms with Gasteiger partial charge in [-0.2, -0.15) is 5.10 Å². The van der Waals surface area contributed by atoms with Crippen molar-refractivity contribution in [3.05, 3.63) is 72.8 Å². The molecule has 0 aliphatic carbocycles. The molecule has 146 valence electrons. The average Bonchev–Trinajstić information content (AvgIpc) is 3.21. The number of halogens is 1. The Morgan fingerprint density at radius 2 is 1.89 bits per heavy atom. The van der Waals surface area contributed by atoms with Gasteiger partial charge < -0.3 is 5.32 Å². The van der Waals surface area contributed by atoms with Crippen molar-refractivity contribution in [3.63, 3.8) is 0 Å². The van der Waals surface area contributed by atoms with Gasteiger partial charge in [0.25, 0.3) is 0 Å². The molecule has 0 atom stereocenters. The third-order valence-electron chi connectivity index (χ3n) is 3.90. The third kappa shape index (κ3) is 5.24. The smallest absolute Gasteiger partial charge is 0.240 e. The number of nitrogens with zero attached hydrogens (tertiary/aromatic N) is 2. The van der Waals surface area contributed by atoms with E-state index in [1.807, 2.05) is 12.1 Å². The first kappa shape index (κ1) is 19.7. The molecule has 2 N–H and O–H groups in total. The maximum atomic E-state index is 12.9. The second-order valence-electron chi connectivity index (χ2n) is 6.00. The summed E-state index contributed by atoms with van der Waals surface area (Å²) in [4.78, 5) is 12.1. The Kier molecular flexibility index (Phi) is 6.17. The molecule has 0 bridgehead atoms. The molecule has 0 unspecified atom stereocenters. The number of anilines is 1. The van der Waals surface area contributed by atoms with E-state index in [4.69, 9.17) is 0 Å². The van der Waals surface area contributed by atoms with Crippen LogP contribution >= 0.6 is 0 Å². The first-order valence-electron chi connectivity index (χ1n) is 8.59. The van der Waals surface area contributed by atoms with Crippen molar-refractivity contribution >= 4 is 21.6 Å². The molecule has 3 rings (SSSR count). The SMILES string of the molecule is O=C(CCCNS(=O)(=O)c1ccc(F)cc1)Nc1cccc(-n2cccn2)c1. The lowest BCUT2D eigenvalue weighted by Gasteiger charge is -2.09. The van der Waals surface area contributed by atoms with Gasteiger partial charge in [0, 0.05) is 31.0 Å². The zero-order valence-electron chi connectivity index (χ0n) is 14.9. The Balaban J connectivity index is 1.47. The summed E-state index contributed by atoms with van der Waals surface area (Å²) in [6, 6.07) is 13.6. The molecule has 0 aliphatic rings. The molecule has 1 amide bonds. The van der Waals surface area contributed by atoms with E-state index in [2.05, 4.69) is 15.1 Å². The van der Waals surface area contributed by atoms with Crippen LogP contribution in [0.3, 0.4) is 0 Å². The highest BCUT2D eigenvalue weighted by molar-refractivity contribution is 7.89. The summed E-state index contributed by atoms with van der Waals surface area (Å²) in [6.45, 7) is 0.0977. The number of rotatable bonds is 8. The zero-order chi connectivity index (χ0) is 20.0. The van der Waals surface area contributed by atoms with Crippen molar-refractivity contribution in [2.45, 2.75) is 17.7 Å². The van der Waals surface area contributed by atoms with Crippen molar-refractivity contribution in [2.24, 2.45) is 0 Å². The summed E-state index contributed by atoms with van der Waals surface area (Å²) in [6.07, 6.45) is 3.94. The Labute approximate surface area is 162 Å². The summed E-state index contributed by atoms with van der Waals surface area (Å²) in [5, 5.41) is 6.92. The molecule has 1 heterocycles. The van der Waals surface area contributed by atoms with Crippen LogP contribution in [0.25, 0.3) is 5.69 Å². The molecule has 0 aliphatic heterocycles. The van der Waals surface area contributed by atoms with Crippen LogP contribution in [-0.4, -0.2) is 30.7 Å². The van der Waals surface area contributed by atoms with Gasteiger partial charge in [-0.15, -0.1) is 0 Å².